The van der Waals surface area contributed by atoms with Crippen molar-refractivity contribution in [1.29, 1.82) is 0 Å². The molecule has 0 aromatic heterocycles. The number of nitrogens with one attached hydrogen (secondary N) is 2. The van der Waals surface area contributed by atoms with Crippen LogP contribution in [0, 0.1) is 0 Å². The summed E-state index contributed by atoms with van der Waals surface area (Å²) in [7, 11) is -3.72. The fourth-order valence-electron chi connectivity index (χ4n) is 2.53. The summed E-state index contributed by atoms with van der Waals surface area (Å²) in [5.74, 6) is 0.478. The van der Waals surface area contributed by atoms with Gasteiger partial charge in [-0.25, -0.2) is 18.5 Å². The molecular weight excluding hydrogens is 532 g/mol. The summed E-state index contributed by atoms with van der Waals surface area (Å²) >= 11 is 0. The summed E-state index contributed by atoms with van der Waals surface area (Å²) < 4.78 is 60.9. The highest BCUT2D eigenvalue weighted by Crippen LogP contribution is 2.29. The molecule has 0 heterocycles. The van der Waals surface area contributed by atoms with Crippen molar-refractivity contribution in [2.24, 2.45) is 10.1 Å². The molecular formula is C19H24F3IN4O2S. The van der Waals surface area contributed by atoms with Crippen LogP contribution in [0.15, 0.2) is 58.4 Å². The Kier molecular flexibility index (Phi) is 10.0. The Morgan fingerprint density at radius 3 is 2.30 bits per heavy atom. The van der Waals surface area contributed by atoms with Crippen molar-refractivity contribution in [1.82, 2.24) is 10.6 Å². The maximum absolute atomic E-state index is 12.8. The van der Waals surface area contributed by atoms with Crippen molar-refractivity contribution in [2.45, 2.75) is 31.0 Å². The number of alkyl halides is 3. The lowest BCUT2D eigenvalue weighted by atomic mass is 10.1. The molecule has 0 amide bonds. The molecule has 166 valence electrons. The summed E-state index contributed by atoms with van der Waals surface area (Å²) in [6.45, 7) is 3.08. The van der Waals surface area contributed by atoms with E-state index in [0.29, 0.717) is 31.0 Å². The monoisotopic (exact) mass is 556 g/mol. The van der Waals surface area contributed by atoms with Gasteiger partial charge in [0.2, 0.25) is 10.0 Å². The highest BCUT2D eigenvalue weighted by atomic mass is 127. The number of sulfonamides is 1. The first-order chi connectivity index (χ1) is 13.6. The minimum absolute atomic E-state index is 0. The second kappa shape index (κ2) is 11.5. The van der Waals surface area contributed by atoms with Gasteiger partial charge in [-0.3, -0.25) is 0 Å². The highest BCUT2D eigenvalue weighted by Gasteiger charge is 2.30. The van der Waals surface area contributed by atoms with Crippen LogP contribution < -0.4 is 15.8 Å². The SMILES string of the molecule is CCNC(=NCc1cccc(C(F)(F)F)c1)NCCc1ccc(S(N)(=O)=O)cc1.I. The van der Waals surface area contributed by atoms with E-state index in [9.17, 15) is 21.6 Å². The van der Waals surface area contributed by atoms with Crippen molar-refractivity contribution in [2.75, 3.05) is 13.1 Å². The lowest BCUT2D eigenvalue weighted by Crippen LogP contribution is -2.38. The van der Waals surface area contributed by atoms with Gasteiger partial charge in [0.1, 0.15) is 0 Å². The third kappa shape index (κ3) is 8.48. The van der Waals surface area contributed by atoms with Crippen LogP contribution in [0.2, 0.25) is 0 Å². The molecule has 0 aliphatic rings. The number of guanidine groups is 1. The van der Waals surface area contributed by atoms with Gasteiger partial charge in [0.25, 0.3) is 0 Å². The Morgan fingerprint density at radius 2 is 1.73 bits per heavy atom. The van der Waals surface area contributed by atoms with E-state index in [-0.39, 0.29) is 35.4 Å². The van der Waals surface area contributed by atoms with E-state index in [1.165, 1.54) is 18.2 Å². The molecule has 0 aliphatic heterocycles. The van der Waals surface area contributed by atoms with Crippen LogP contribution in [-0.2, 0) is 29.2 Å². The zero-order valence-electron chi connectivity index (χ0n) is 16.2. The summed E-state index contributed by atoms with van der Waals surface area (Å²) in [4.78, 5) is 4.36. The average Bonchev–Trinajstić information content (AvgIpc) is 2.65. The molecule has 2 aromatic carbocycles. The number of rotatable bonds is 7. The molecule has 0 bridgehead atoms. The van der Waals surface area contributed by atoms with Gasteiger partial charge in [-0.05, 0) is 48.7 Å². The van der Waals surface area contributed by atoms with E-state index in [1.807, 2.05) is 6.92 Å². The Balaban J connectivity index is 0.00000450. The van der Waals surface area contributed by atoms with Crippen LogP contribution in [0.25, 0.3) is 0 Å². The summed E-state index contributed by atoms with van der Waals surface area (Å²) in [6.07, 6.45) is -3.79. The first kappa shape index (κ1) is 26.2. The summed E-state index contributed by atoms with van der Waals surface area (Å²) in [5, 5.41) is 11.2. The van der Waals surface area contributed by atoms with E-state index < -0.39 is 21.8 Å². The predicted molar refractivity (Wildman–Crippen MR) is 121 cm³/mol. The molecule has 0 atom stereocenters. The van der Waals surface area contributed by atoms with Crippen LogP contribution in [0.3, 0.4) is 0 Å². The highest BCUT2D eigenvalue weighted by molar-refractivity contribution is 14.0. The maximum Gasteiger partial charge on any atom is 0.416 e. The Labute approximate surface area is 191 Å². The predicted octanol–water partition coefficient (Wildman–Crippen LogP) is 3.27. The largest absolute Gasteiger partial charge is 0.416 e. The van der Waals surface area contributed by atoms with E-state index in [4.69, 9.17) is 5.14 Å². The van der Waals surface area contributed by atoms with Gasteiger partial charge in [-0.15, -0.1) is 24.0 Å². The fourth-order valence-corrected chi connectivity index (χ4v) is 3.04. The molecule has 0 spiro atoms. The second-order valence-corrected chi connectivity index (χ2v) is 7.82. The summed E-state index contributed by atoms with van der Waals surface area (Å²) in [6, 6.07) is 11.3. The molecule has 0 saturated heterocycles. The minimum Gasteiger partial charge on any atom is -0.357 e. The number of benzene rings is 2. The van der Waals surface area contributed by atoms with Gasteiger partial charge in [0.15, 0.2) is 5.96 Å². The number of nitrogens with two attached hydrogens (primary N) is 1. The van der Waals surface area contributed by atoms with Crippen molar-refractivity contribution in [3.05, 3.63) is 65.2 Å². The van der Waals surface area contributed by atoms with Gasteiger partial charge in [-0.2, -0.15) is 13.2 Å². The van der Waals surface area contributed by atoms with Crippen LogP contribution in [0.5, 0.6) is 0 Å². The first-order valence-corrected chi connectivity index (χ1v) is 10.4. The number of aliphatic imine (C=N–C) groups is 1. The number of hydrogen-bond donors (Lipinski definition) is 3. The zero-order valence-corrected chi connectivity index (χ0v) is 19.4. The topological polar surface area (TPSA) is 96.6 Å². The molecule has 0 unspecified atom stereocenters. The molecule has 30 heavy (non-hydrogen) atoms. The molecule has 0 radical (unpaired) electrons. The van der Waals surface area contributed by atoms with Crippen LogP contribution in [0.4, 0.5) is 13.2 Å². The molecule has 2 rings (SSSR count). The minimum atomic E-state index is -4.39. The second-order valence-electron chi connectivity index (χ2n) is 6.26. The number of halogens is 4. The van der Waals surface area contributed by atoms with Crippen molar-refractivity contribution < 1.29 is 21.6 Å². The quantitative estimate of drug-likeness (QED) is 0.277. The molecule has 6 nitrogen and oxygen atoms in total. The van der Waals surface area contributed by atoms with E-state index in [1.54, 1.807) is 18.2 Å². The van der Waals surface area contributed by atoms with E-state index in [0.717, 1.165) is 17.7 Å². The first-order valence-electron chi connectivity index (χ1n) is 8.89. The molecule has 4 N–H and O–H groups in total. The van der Waals surface area contributed by atoms with E-state index >= 15 is 0 Å². The van der Waals surface area contributed by atoms with Gasteiger partial charge < -0.3 is 10.6 Å². The lowest BCUT2D eigenvalue weighted by Gasteiger charge is -2.12. The van der Waals surface area contributed by atoms with Crippen LogP contribution in [-0.4, -0.2) is 27.5 Å². The third-order valence-corrected chi connectivity index (χ3v) is 4.91. The van der Waals surface area contributed by atoms with Gasteiger partial charge in [0.05, 0.1) is 17.0 Å². The summed E-state index contributed by atoms with van der Waals surface area (Å²) in [5.41, 5.74) is 0.653. The van der Waals surface area contributed by atoms with Gasteiger partial charge >= 0.3 is 6.18 Å². The Hall–Kier alpha value is -1.86. The molecule has 0 aliphatic carbocycles. The smallest absolute Gasteiger partial charge is 0.357 e. The van der Waals surface area contributed by atoms with Gasteiger partial charge in [0, 0.05) is 13.1 Å². The van der Waals surface area contributed by atoms with Crippen molar-refractivity contribution >= 4 is 40.0 Å². The Morgan fingerprint density at radius 1 is 1.07 bits per heavy atom. The standard InChI is InChI=1S/C19H23F3N4O2S.HI/c1-2-24-18(26-13-15-4-3-5-16(12-15)19(20,21)22)25-11-10-14-6-8-17(9-7-14)29(23,27)28;/h3-9,12H,2,10-11,13H2,1H3,(H2,23,27,28)(H2,24,25,26);1H. The Bertz CT molecular complexity index is 949. The maximum atomic E-state index is 12.8. The molecule has 2 aromatic rings. The number of primary sulfonamides is 1. The van der Waals surface area contributed by atoms with Crippen LogP contribution in [0.1, 0.15) is 23.6 Å². The van der Waals surface area contributed by atoms with Crippen LogP contribution >= 0.6 is 24.0 Å². The third-order valence-electron chi connectivity index (χ3n) is 3.98. The molecule has 0 fully saturated rings. The zero-order chi connectivity index (χ0) is 21.5. The molecule has 0 saturated carbocycles. The van der Waals surface area contributed by atoms with Crippen molar-refractivity contribution in [3.63, 3.8) is 0 Å². The lowest BCUT2D eigenvalue weighted by molar-refractivity contribution is -0.137. The van der Waals surface area contributed by atoms with E-state index in [2.05, 4.69) is 15.6 Å². The van der Waals surface area contributed by atoms with Gasteiger partial charge in [-0.1, -0.05) is 24.3 Å². The normalized spacial score (nSPS) is 12.2. The van der Waals surface area contributed by atoms with Crippen molar-refractivity contribution in [3.8, 4) is 0 Å². The fraction of sp³-hybridized carbons (Fsp3) is 0.316. The average molecular weight is 556 g/mol. The number of hydrogen-bond acceptors (Lipinski definition) is 3. The number of nitrogens with zero attached hydrogens (tertiary/aromatic N) is 1. The molecule has 11 heteroatoms.